The van der Waals surface area contributed by atoms with Crippen LogP contribution < -0.4 is 0 Å². The summed E-state index contributed by atoms with van der Waals surface area (Å²) in [5.41, 5.74) is 0.843. The van der Waals surface area contributed by atoms with Crippen LogP contribution in [-0.2, 0) is 9.53 Å². The Morgan fingerprint density at radius 1 is 1.42 bits per heavy atom. The molecule has 19 heavy (non-hydrogen) atoms. The Kier molecular flexibility index (Phi) is 4.22. The Balaban J connectivity index is 2.14. The van der Waals surface area contributed by atoms with Crippen LogP contribution in [0.2, 0.25) is 0 Å². The molecule has 0 bridgehead atoms. The van der Waals surface area contributed by atoms with Gasteiger partial charge in [-0.2, -0.15) is 0 Å². The number of hydrogen-bond acceptors (Lipinski definition) is 3. The lowest BCUT2D eigenvalue weighted by Crippen LogP contribution is -2.32. The van der Waals surface area contributed by atoms with Crippen molar-refractivity contribution in [3.8, 4) is 0 Å². The molecule has 0 spiro atoms. The van der Waals surface area contributed by atoms with Crippen LogP contribution in [-0.4, -0.2) is 31.1 Å². The molecule has 0 aliphatic carbocycles. The molecular weight excluding hydrogens is 242 g/mol. The molecule has 1 atom stereocenters. The van der Waals surface area contributed by atoms with Crippen molar-refractivity contribution in [1.29, 1.82) is 0 Å². The third-order valence-electron chi connectivity index (χ3n) is 3.26. The lowest BCUT2D eigenvalue weighted by Gasteiger charge is -2.23. The number of fused-ring (bicyclic) bond motifs is 1. The Labute approximate surface area is 112 Å². The number of furan rings is 1. The number of para-hydroxylation sites is 1. The highest BCUT2D eigenvalue weighted by Gasteiger charge is 2.20. The molecule has 1 aromatic heterocycles. The Morgan fingerprint density at radius 3 is 2.84 bits per heavy atom. The van der Waals surface area contributed by atoms with E-state index in [0.717, 1.165) is 16.7 Å². The standard InChI is InChI=1S/C15H19NO3/c1-4-18-10-15(17)16(3)11(2)14-9-12-7-5-6-8-13(12)19-14/h5-9,11H,4,10H2,1-3H3/t11-/m1/s1. The van der Waals surface area contributed by atoms with Crippen LogP contribution in [0, 0.1) is 0 Å². The number of hydrogen-bond donors (Lipinski definition) is 0. The lowest BCUT2D eigenvalue weighted by atomic mass is 10.2. The number of benzene rings is 1. The van der Waals surface area contributed by atoms with Crippen LogP contribution in [0.15, 0.2) is 34.7 Å². The maximum absolute atomic E-state index is 11.9. The van der Waals surface area contributed by atoms with E-state index in [1.165, 1.54) is 0 Å². The zero-order valence-corrected chi connectivity index (χ0v) is 11.6. The summed E-state index contributed by atoms with van der Waals surface area (Å²) in [4.78, 5) is 13.5. The highest BCUT2D eigenvalue weighted by atomic mass is 16.5. The number of carbonyl (C=O) groups is 1. The van der Waals surface area contributed by atoms with Crippen molar-refractivity contribution >= 4 is 16.9 Å². The molecule has 102 valence electrons. The fraction of sp³-hybridized carbons (Fsp3) is 0.400. The zero-order chi connectivity index (χ0) is 13.8. The number of rotatable bonds is 5. The van der Waals surface area contributed by atoms with Crippen molar-refractivity contribution in [3.05, 3.63) is 36.1 Å². The van der Waals surface area contributed by atoms with Gasteiger partial charge in [-0.25, -0.2) is 0 Å². The average molecular weight is 261 g/mol. The molecule has 0 aliphatic rings. The quantitative estimate of drug-likeness (QED) is 0.831. The molecule has 4 nitrogen and oxygen atoms in total. The van der Waals surface area contributed by atoms with Gasteiger partial charge in [0.15, 0.2) is 0 Å². The SMILES string of the molecule is CCOCC(=O)N(C)[C@H](C)c1cc2ccccc2o1. The Bertz CT molecular complexity index is 528. The number of likely N-dealkylation sites (N-methyl/N-ethyl adjacent to an activating group) is 1. The van der Waals surface area contributed by atoms with Crippen molar-refractivity contribution in [2.45, 2.75) is 19.9 Å². The molecule has 0 radical (unpaired) electrons. The second-order valence-corrected chi connectivity index (χ2v) is 4.50. The summed E-state index contributed by atoms with van der Waals surface area (Å²) < 4.78 is 10.9. The van der Waals surface area contributed by atoms with E-state index in [9.17, 15) is 4.79 Å². The molecule has 0 saturated heterocycles. The van der Waals surface area contributed by atoms with Crippen LogP contribution in [0.3, 0.4) is 0 Å². The van der Waals surface area contributed by atoms with E-state index >= 15 is 0 Å². The lowest BCUT2D eigenvalue weighted by molar-refractivity contribution is -0.136. The zero-order valence-electron chi connectivity index (χ0n) is 11.6. The molecule has 2 aromatic rings. The van der Waals surface area contributed by atoms with Crippen LogP contribution in [0.5, 0.6) is 0 Å². The molecule has 0 unspecified atom stereocenters. The van der Waals surface area contributed by atoms with Crippen molar-refractivity contribution in [1.82, 2.24) is 4.90 Å². The van der Waals surface area contributed by atoms with Gasteiger partial charge in [0.2, 0.25) is 5.91 Å². The molecule has 0 fully saturated rings. The van der Waals surface area contributed by atoms with Gasteiger partial charge in [0, 0.05) is 19.0 Å². The van der Waals surface area contributed by atoms with Crippen LogP contribution in [0.4, 0.5) is 0 Å². The minimum atomic E-state index is -0.111. The minimum absolute atomic E-state index is 0.0465. The topological polar surface area (TPSA) is 42.7 Å². The van der Waals surface area contributed by atoms with E-state index in [0.29, 0.717) is 6.61 Å². The Morgan fingerprint density at radius 2 is 2.16 bits per heavy atom. The van der Waals surface area contributed by atoms with E-state index in [2.05, 4.69) is 0 Å². The molecule has 1 amide bonds. The summed E-state index contributed by atoms with van der Waals surface area (Å²) >= 11 is 0. The van der Waals surface area contributed by atoms with Crippen molar-refractivity contribution in [3.63, 3.8) is 0 Å². The van der Waals surface area contributed by atoms with Gasteiger partial charge < -0.3 is 14.1 Å². The van der Waals surface area contributed by atoms with Crippen molar-refractivity contribution in [2.75, 3.05) is 20.3 Å². The number of ether oxygens (including phenoxy) is 1. The second kappa shape index (κ2) is 5.89. The van der Waals surface area contributed by atoms with Gasteiger partial charge in [-0.3, -0.25) is 4.79 Å². The normalized spacial score (nSPS) is 12.6. The number of nitrogens with zero attached hydrogens (tertiary/aromatic N) is 1. The maximum Gasteiger partial charge on any atom is 0.248 e. The molecule has 1 aromatic carbocycles. The predicted molar refractivity (Wildman–Crippen MR) is 73.9 cm³/mol. The van der Waals surface area contributed by atoms with Crippen molar-refractivity contribution in [2.24, 2.45) is 0 Å². The van der Waals surface area contributed by atoms with Gasteiger partial charge in [-0.15, -0.1) is 0 Å². The first-order chi connectivity index (χ1) is 9.13. The third kappa shape index (κ3) is 2.96. The molecule has 2 rings (SSSR count). The summed E-state index contributed by atoms with van der Waals surface area (Å²) in [6.07, 6.45) is 0. The smallest absolute Gasteiger partial charge is 0.248 e. The van der Waals surface area contributed by atoms with E-state index < -0.39 is 0 Å². The van der Waals surface area contributed by atoms with E-state index in [1.54, 1.807) is 11.9 Å². The fourth-order valence-electron chi connectivity index (χ4n) is 1.91. The average Bonchev–Trinajstić information content (AvgIpc) is 2.86. The van der Waals surface area contributed by atoms with Gasteiger partial charge in [-0.05, 0) is 26.0 Å². The molecule has 1 heterocycles. The second-order valence-electron chi connectivity index (χ2n) is 4.50. The maximum atomic E-state index is 11.9. The van der Waals surface area contributed by atoms with Gasteiger partial charge in [-0.1, -0.05) is 18.2 Å². The summed E-state index contributed by atoms with van der Waals surface area (Å²) in [5, 5.41) is 1.05. The van der Waals surface area contributed by atoms with Crippen molar-refractivity contribution < 1.29 is 13.9 Å². The van der Waals surface area contributed by atoms with Crippen LogP contribution >= 0.6 is 0 Å². The molecule has 4 heteroatoms. The van der Waals surface area contributed by atoms with E-state index in [-0.39, 0.29) is 18.6 Å². The van der Waals surface area contributed by atoms with Crippen LogP contribution in [0.1, 0.15) is 25.6 Å². The Hall–Kier alpha value is -1.81. The van der Waals surface area contributed by atoms with Gasteiger partial charge >= 0.3 is 0 Å². The number of carbonyl (C=O) groups excluding carboxylic acids is 1. The summed E-state index contributed by atoms with van der Waals surface area (Å²) in [6, 6.07) is 9.69. The predicted octanol–water partition coefficient (Wildman–Crippen LogP) is 2.99. The molecule has 0 saturated carbocycles. The first kappa shape index (κ1) is 13.6. The first-order valence-corrected chi connectivity index (χ1v) is 6.45. The summed E-state index contributed by atoms with van der Waals surface area (Å²) in [5.74, 6) is 0.739. The van der Waals surface area contributed by atoms with Gasteiger partial charge in [0.1, 0.15) is 18.0 Å². The van der Waals surface area contributed by atoms with E-state index in [4.69, 9.17) is 9.15 Å². The summed E-state index contributed by atoms with van der Waals surface area (Å²) in [7, 11) is 1.76. The van der Waals surface area contributed by atoms with Crippen LogP contribution in [0.25, 0.3) is 11.0 Å². The molecule has 0 aliphatic heterocycles. The first-order valence-electron chi connectivity index (χ1n) is 6.45. The van der Waals surface area contributed by atoms with Gasteiger partial charge in [0.05, 0.1) is 6.04 Å². The largest absolute Gasteiger partial charge is 0.459 e. The molecule has 0 N–H and O–H groups in total. The third-order valence-corrected chi connectivity index (χ3v) is 3.26. The minimum Gasteiger partial charge on any atom is -0.459 e. The summed E-state index contributed by atoms with van der Waals surface area (Å²) in [6.45, 7) is 4.47. The van der Waals surface area contributed by atoms with E-state index in [1.807, 2.05) is 44.2 Å². The molecular formula is C15H19NO3. The van der Waals surface area contributed by atoms with Gasteiger partial charge in [0.25, 0.3) is 0 Å². The highest BCUT2D eigenvalue weighted by molar-refractivity contribution is 5.79. The number of amides is 1. The monoisotopic (exact) mass is 261 g/mol. The highest BCUT2D eigenvalue weighted by Crippen LogP contribution is 2.26. The fourth-order valence-corrected chi connectivity index (χ4v) is 1.91.